The molecule has 2 aromatic rings. The smallest absolute Gasteiger partial charge is 0.295 e. The third-order valence-electron chi connectivity index (χ3n) is 3.68. The molecule has 0 bridgehead atoms. The second-order valence-corrected chi connectivity index (χ2v) is 5.17. The molecule has 0 unspecified atom stereocenters. The van der Waals surface area contributed by atoms with Crippen molar-refractivity contribution in [3.8, 4) is 0 Å². The van der Waals surface area contributed by atoms with Crippen LogP contribution in [0.4, 0.5) is 14.5 Å². The third-order valence-corrected chi connectivity index (χ3v) is 3.68. The number of H-pyrrole nitrogens is 1. The lowest BCUT2D eigenvalue weighted by molar-refractivity contribution is -0.120. The fourth-order valence-corrected chi connectivity index (χ4v) is 2.54. The van der Waals surface area contributed by atoms with Crippen LogP contribution < -0.4 is 10.6 Å². The fraction of sp³-hybridized carbons (Fsp3) is 0.429. The number of amides is 1. The van der Waals surface area contributed by atoms with Crippen molar-refractivity contribution in [2.75, 3.05) is 18.4 Å². The van der Waals surface area contributed by atoms with Gasteiger partial charge < -0.3 is 15.6 Å². The highest BCUT2D eigenvalue weighted by atomic mass is 35.5. The first-order valence-electron chi connectivity index (χ1n) is 6.93. The van der Waals surface area contributed by atoms with Gasteiger partial charge in [-0.1, -0.05) is 0 Å². The lowest BCUT2D eigenvalue weighted by atomic mass is 9.97. The number of carbonyl (C=O) groups is 1. The molecule has 1 aromatic heterocycles. The number of nitrogens with zero attached hydrogens (tertiary/aromatic N) is 1. The van der Waals surface area contributed by atoms with Crippen molar-refractivity contribution < 1.29 is 13.6 Å². The molecule has 1 amide bonds. The standard InChI is InChI=1S/C14H16F2N4O.ClH/c15-12(16)13-19-10-2-1-9(7-11(10)20-13)18-14(21)8-3-5-17-6-4-8;/h1-2,7-8,12,17H,3-6H2,(H,18,21)(H,19,20);1H. The van der Waals surface area contributed by atoms with E-state index in [1.807, 2.05) is 0 Å². The predicted octanol–water partition coefficient (Wildman–Crippen LogP) is 2.86. The molecule has 0 spiro atoms. The monoisotopic (exact) mass is 330 g/mol. The minimum absolute atomic E-state index is 0. The van der Waals surface area contributed by atoms with E-state index >= 15 is 0 Å². The number of hydrogen-bond acceptors (Lipinski definition) is 3. The van der Waals surface area contributed by atoms with Crippen molar-refractivity contribution in [1.29, 1.82) is 0 Å². The fourth-order valence-electron chi connectivity index (χ4n) is 2.54. The second-order valence-electron chi connectivity index (χ2n) is 5.17. The Morgan fingerprint density at radius 1 is 1.32 bits per heavy atom. The summed E-state index contributed by atoms with van der Waals surface area (Å²) in [5, 5.41) is 6.05. The Balaban J connectivity index is 0.00000176. The first-order chi connectivity index (χ1) is 10.1. The van der Waals surface area contributed by atoms with E-state index in [0.717, 1.165) is 25.9 Å². The number of aromatic amines is 1. The Labute approximate surface area is 132 Å². The van der Waals surface area contributed by atoms with Gasteiger partial charge in [-0.25, -0.2) is 13.8 Å². The molecule has 3 N–H and O–H groups in total. The van der Waals surface area contributed by atoms with Crippen LogP contribution in [0, 0.1) is 5.92 Å². The second kappa shape index (κ2) is 7.02. The van der Waals surface area contributed by atoms with Crippen LogP contribution in [0.1, 0.15) is 25.1 Å². The van der Waals surface area contributed by atoms with Crippen LogP contribution in [-0.2, 0) is 4.79 Å². The normalized spacial score (nSPS) is 15.8. The molecule has 22 heavy (non-hydrogen) atoms. The average Bonchev–Trinajstić information content (AvgIpc) is 2.91. The average molecular weight is 331 g/mol. The highest BCUT2D eigenvalue weighted by Gasteiger charge is 2.21. The Morgan fingerprint density at radius 3 is 2.73 bits per heavy atom. The maximum absolute atomic E-state index is 12.6. The number of carbonyl (C=O) groups excluding carboxylic acids is 1. The first kappa shape index (κ1) is 16.6. The number of imidazole rings is 1. The maximum Gasteiger partial charge on any atom is 0.295 e. The topological polar surface area (TPSA) is 69.8 Å². The molecule has 5 nitrogen and oxygen atoms in total. The van der Waals surface area contributed by atoms with E-state index in [9.17, 15) is 13.6 Å². The molecule has 0 radical (unpaired) electrons. The highest BCUT2D eigenvalue weighted by molar-refractivity contribution is 5.94. The zero-order valence-corrected chi connectivity index (χ0v) is 12.6. The number of alkyl halides is 2. The number of fused-ring (bicyclic) bond motifs is 1. The van der Waals surface area contributed by atoms with E-state index in [1.54, 1.807) is 18.2 Å². The van der Waals surface area contributed by atoms with Crippen LogP contribution in [-0.4, -0.2) is 29.0 Å². The van der Waals surface area contributed by atoms with Gasteiger partial charge in [-0.05, 0) is 44.1 Å². The Kier molecular flexibility index (Phi) is 5.31. The summed E-state index contributed by atoms with van der Waals surface area (Å²) in [4.78, 5) is 18.5. The summed E-state index contributed by atoms with van der Waals surface area (Å²) in [6.07, 6.45) is -1.01. The van der Waals surface area contributed by atoms with Crippen molar-refractivity contribution in [1.82, 2.24) is 15.3 Å². The van der Waals surface area contributed by atoms with E-state index in [-0.39, 0.29) is 30.1 Å². The van der Waals surface area contributed by atoms with E-state index in [4.69, 9.17) is 0 Å². The molecule has 2 heterocycles. The molecular formula is C14H17ClF2N4O. The molecule has 3 rings (SSSR count). The SMILES string of the molecule is Cl.O=C(Nc1ccc2nc(C(F)F)[nH]c2c1)C1CCNCC1. The van der Waals surface area contributed by atoms with E-state index in [1.165, 1.54) is 0 Å². The Morgan fingerprint density at radius 2 is 2.05 bits per heavy atom. The largest absolute Gasteiger partial charge is 0.337 e. The van der Waals surface area contributed by atoms with Crippen molar-refractivity contribution in [3.05, 3.63) is 24.0 Å². The molecule has 0 atom stereocenters. The van der Waals surface area contributed by atoms with Gasteiger partial charge in [0.25, 0.3) is 6.43 Å². The lowest BCUT2D eigenvalue weighted by Gasteiger charge is -2.21. The molecule has 1 aliphatic rings. The lowest BCUT2D eigenvalue weighted by Crippen LogP contribution is -2.34. The zero-order chi connectivity index (χ0) is 14.8. The number of halogens is 3. The summed E-state index contributed by atoms with van der Waals surface area (Å²) in [5.74, 6) is -0.378. The van der Waals surface area contributed by atoms with Crippen molar-refractivity contribution in [2.45, 2.75) is 19.3 Å². The number of anilines is 1. The van der Waals surface area contributed by atoms with Crippen molar-refractivity contribution >= 4 is 35.0 Å². The number of benzene rings is 1. The quantitative estimate of drug-likeness (QED) is 0.810. The summed E-state index contributed by atoms with van der Waals surface area (Å²) < 4.78 is 25.2. The number of rotatable bonds is 3. The summed E-state index contributed by atoms with van der Waals surface area (Å²) in [7, 11) is 0. The van der Waals surface area contributed by atoms with Gasteiger partial charge in [0.15, 0.2) is 5.82 Å². The molecule has 1 saturated heterocycles. The molecule has 8 heteroatoms. The van der Waals surface area contributed by atoms with Crippen LogP contribution in [0.15, 0.2) is 18.2 Å². The van der Waals surface area contributed by atoms with Crippen LogP contribution in [0.3, 0.4) is 0 Å². The number of hydrogen-bond donors (Lipinski definition) is 3. The summed E-state index contributed by atoms with van der Waals surface area (Å²) in [6, 6.07) is 4.93. The number of aromatic nitrogens is 2. The zero-order valence-electron chi connectivity index (χ0n) is 11.7. The predicted molar refractivity (Wildman–Crippen MR) is 82.5 cm³/mol. The van der Waals surface area contributed by atoms with Gasteiger partial charge in [0.05, 0.1) is 11.0 Å². The van der Waals surface area contributed by atoms with E-state index in [2.05, 4.69) is 20.6 Å². The minimum atomic E-state index is -2.63. The maximum atomic E-state index is 12.6. The van der Waals surface area contributed by atoms with Crippen molar-refractivity contribution in [2.24, 2.45) is 5.92 Å². The van der Waals surface area contributed by atoms with Crippen LogP contribution in [0.5, 0.6) is 0 Å². The summed E-state index contributed by atoms with van der Waals surface area (Å²) >= 11 is 0. The number of nitrogens with one attached hydrogen (secondary N) is 3. The van der Waals surface area contributed by atoms with Gasteiger partial charge in [0, 0.05) is 11.6 Å². The van der Waals surface area contributed by atoms with Gasteiger partial charge in [0.2, 0.25) is 5.91 Å². The van der Waals surface area contributed by atoms with Gasteiger partial charge >= 0.3 is 0 Å². The molecule has 1 fully saturated rings. The Hall–Kier alpha value is -1.73. The van der Waals surface area contributed by atoms with Crippen LogP contribution in [0.2, 0.25) is 0 Å². The highest BCUT2D eigenvalue weighted by Crippen LogP contribution is 2.23. The molecule has 1 aromatic carbocycles. The molecule has 120 valence electrons. The molecule has 1 aliphatic heterocycles. The van der Waals surface area contributed by atoms with Crippen LogP contribution in [0.25, 0.3) is 11.0 Å². The molecule has 0 aliphatic carbocycles. The van der Waals surface area contributed by atoms with Gasteiger partial charge in [-0.3, -0.25) is 4.79 Å². The van der Waals surface area contributed by atoms with Crippen LogP contribution >= 0.6 is 12.4 Å². The van der Waals surface area contributed by atoms with Gasteiger partial charge in [0.1, 0.15) is 0 Å². The minimum Gasteiger partial charge on any atom is -0.337 e. The number of piperidine rings is 1. The van der Waals surface area contributed by atoms with E-state index < -0.39 is 6.43 Å². The Bertz CT molecular complexity index is 655. The summed E-state index contributed by atoms with van der Waals surface area (Å²) in [5.41, 5.74) is 1.55. The molecular weight excluding hydrogens is 314 g/mol. The molecule has 0 saturated carbocycles. The summed E-state index contributed by atoms with van der Waals surface area (Å²) in [6.45, 7) is 1.69. The van der Waals surface area contributed by atoms with Crippen molar-refractivity contribution in [3.63, 3.8) is 0 Å². The van der Waals surface area contributed by atoms with Gasteiger partial charge in [-0.2, -0.15) is 0 Å². The first-order valence-corrected chi connectivity index (χ1v) is 6.93. The van der Waals surface area contributed by atoms with Gasteiger partial charge in [-0.15, -0.1) is 12.4 Å². The third kappa shape index (κ3) is 3.53. The van der Waals surface area contributed by atoms with E-state index in [0.29, 0.717) is 16.7 Å².